The Hall–Kier alpha value is -3.02. The third-order valence-corrected chi connectivity index (χ3v) is 5.40. The molecule has 0 heterocycles. The lowest BCUT2D eigenvalue weighted by Crippen LogP contribution is -2.18. The van der Waals surface area contributed by atoms with Crippen LogP contribution in [-0.2, 0) is 32.2 Å². The van der Waals surface area contributed by atoms with Crippen LogP contribution in [0.3, 0.4) is 0 Å². The highest BCUT2D eigenvalue weighted by atomic mass is 32.2. The average Bonchev–Trinajstić information content (AvgIpc) is 2.67. The van der Waals surface area contributed by atoms with E-state index in [9.17, 15) is 30.8 Å². The Bertz CT molecular complexity index is 1050. The fourth-order valence-electron chi connectivity index (χ4n) is 2.50. The molecule has 2 rings (SSSR count). The number of esters is 1. The lowest BCUT2D eigenvalue weighted by molar-refractivity contribution is -0.140. The molecule has 0 aliphatic rings. The molecule has 0 radical (unpaired) electrons. The lowest BCUT2D eigenvalue weighted by atomic mass is 10.1. The molecule has 30 heavy (non-hydrogen) atoms. The minimum Gasteiger partial charge on any atom is -0.493 e. The third kappa shape index (κ3) is 5.12. The van der Waals surface area contributed by atoms with Crippen LogP contribution in [0.1, 0.15) is 11.1 Å². The first kappa shape index (κ1) is 23.3. The standard InChI is InChI=1S/C18H17F4NO6S/c1-27-14-6-10(7-17(24)29-3)16(9-15(14)28-2)30(25,26)23-13-8-11(18(20,21)22)4-5-12(13)19/h4-6,8-9,23H,7H2,1-3H3. The number of ether oxygens (including phenoxy) is 3. The molecular weight excluding hydrogens is 434 g/mol. The van der Waals surface area contributed by atoms with Crippen molar-refractivity contribution in [3.8, 4) is 11.5 Å². The molecule has 0 aliphatic carbocycles. The molecule has 2 aromatic carbocycles. The van der Waals surface area contributed by atoms with E-state index in [1.807, 2.05) is 0 Å². The summed E-state index contributed by atoms with van der Waals surface area (Å²) in [5, 5.41) is 0. The predicted octanol–water partition coefficient (Wildman–Crippen LogP) is 3.38. The molecule has 0 saturated heterocycles. The summed E-state index contributed by atoms with van der Waals surface area (Å²) in [6, 6.07) is 3.50. The van der Waals surface area contributed by atoms with Gasteiger partial charge in [-0.1, -0.05) is 0 Å². The van der Waals surface area contributed by atoms with Crippen LogP contribution >= 0.6 is 0 Å². The van der Waals surface area contributed by atoms with E-state index in [4.69, 9.17) is 9.47 Å². The summed E-state index contributed by atoms with van der Waals surface area (Å²) in [6.07, 6.45) is -5.31. The van der Waals surface area contributed by atoms with Gasteiger partial charge in [-0.05, 0) is 29.8 Å². The van der Waals surface area contributed by atoms with Gasteiger partial charge in [-0.25, -0.2) is 12.8 Å². The number of sulfonamides is 1. The van der Waals surface area contributed by atoms with Gasteiger partial charge in [0, 0.05) is 6.07 Å². The second-order valence-electron chi connectivity index (χ2n) is 5.87. The van der Waals surface area contributed by atoms with E-state index in [0.717, 1.165) is 13.2 Å². The lowest BCUT2D eigenvalue weighted by Gasteiger charge is -2.17. The van der Waals surface area contributed by atoms with Gasteiger partial charge in [0.25, 0.3) is 10.0 Å². The van der Waals surface area contributed by atoms with E-state index < -0.39 is 50.6 Å². The minimum atomic E-state index is -4.81. The summed E-state index contributed by atoms with van der Waals surface area (Å²) in [5.41, 5.74) is -2.26. The second-order valence-corrected chi connectivity index (χ2v) is 7.52. The molecule has 0 bridgehead atoms. The quantitative estimate of drug-likeness (QED) is 0.513. The first-order valence-electron chi connectivity index (χ1n) is 8.14. The van der Waals surface area contributed by atoms with Crippen LogP contribution in [0.2, 0.25) is 0 Å². The van der Waals surface area contributed by atoms with Gasteiger partial charge in [0.15, 0.2) is 11.5 Å². The van der Waals surface area contributed by atoms with Crippen LogP contribution in [0.5, 0.6) is 11.5 Å². The van der Waals surface area contributed by atoms with Gasteiger partial charge in [-0.2, -0.15) is 13.2 Å². The van der Waals surface area contributed by atoms with Crippen molar-refractivity contribution in [3.05, 3.63) is 47.3 Å². The zero-order valence-electron chi connectivity index (χ0n) is 16.0. The number of benzene rings is 2. The Labute approximate surface area is 169 Å². The van der Waals surface area contributed by atoms with E-state index in [-0.39, 0.29) is 17.1 Å². The van der Waals surface area contributed by atoms with Crippen LogP contribution in [-0.4, -0.2) is 35.7 Å². The van der Waals surface area contributed by atoms with Gasteiger partial charge in [0.2, 0.25) is 0 Å². The van der Waals surface area contributed by atoms with E-state index >= 15 is 0 Å². The highest BCUT2D eigenvalue weighted by Gasteiger charge is 2.32. The molecule has 0 aliphatic heterocycles. The number of halogens is 4. The molecule has 0 spiro atoms. The van der Waals surface area contributed by atoms with E-state index in [0.29, 0.717) is 18.2 Å². The van der Waals surface area contributed by atoms with E-state index in [1.54, 1.807) is 4.72 Å². The molecule has 1 N–H and O–H groups in total. The van der Waals surface area contributed by atoms with Crippen molar-refractivity contribution in [3.63, 3.8) is 0 Å². The van der Waals surface area contributed by atoms with Crippen LogP contribution in [0.25, 0.3) is 0 Å². The Morgan fingerprint density at radius 3 is 2.17 bits per heavy atom. The van der Waals surface area contributed by atoms with Crippen molar-refractivity contribution >= 4 is 21.7 Å². The van der Waals surface area contributed by atoms with Gasteiger partial charge in [-0.3, -0.25) is 9.52 Å². The molecular formula is C18H17F4NO6S. The summed E-state index contributed by atoms with van der Waals surface area (Å²) in [7, 11) is -1.04. The number of nitrogens with one attached hydrogen (secondary N) is 1. The van der Waals surface area contributed by atoms with Gasteiger partial charge >= 0.3 is 12.1 Å². The molecule has 12 heteroatoms. The van der Waals surface area contributed by atoms with Crippen molar-refractivity contribution in [1.29, 1.82) is 0 Å². The Morgan fingerprint density at radius 2 is 1.63 bits per heavy atom. The van der Waals surface area contributed by atoms with Crippen LogP contribution in [0.4, 0.5) is 23.2 Å². The Morgan fingerprint density at radius 1 is 1.03 bits per heavy atom. The van der Waals surface area contributed by atoms with Crippen molar-refractivity contribution < 1.29 is 45.0 Å². The molecule has 164 valence electrons. The molecule has 0 aromatic heterocycles. The number of methoxy groups -OCH3 is 3. The largest absolute Gasteiger partial charge is 0.493 e. The highest BCUT2D eigenvalue weighted by Crippen LogP contribution is 2.35. The number of carbonyl (C=O) groups is 1. The minimum absolute atomic E-state index is 0.0315. The van der Waals surface area contributed by atoms with Crippen LogP contribution in [0.15, 0.2) is 35.2 Å². The predicted molar refractivity (Wildman–Crippen MR) is 97.5 cm³/mol. The highest BCUT2D eigenvalue weighted by molar-refractivity contribution is 7.92. The molecule has 0 fully saturated rings. The third-order valence-electron chi connectivity index (χ3n) is 3.96. The summed E-state index contributed by atoms with van der Waals surface area (Å²) in [6.45, 7) is 0. The SMILES string of the molecule is COC(=O)Cc1cc(OC)c(OC)cc1S(=O)(=O)Nc1cc(C(F)(F)F)ccc1F. The molecule has 2 aromatic rings. The fourth-order valence-corrected chi connectivity index (χ4v) is 3.79. The number of hydrogen-bond donors (Lipinski definition) is 1. The monoisotopic (exact) mass is 451 g/mol. The van der Waals surface area contributed by atoms with Crippen LogP contribution < -0.4 is 14.2 Å². The summed E-state index contributed by atoms with van der Waals surface area (Å²) in [5.74, 6) is -1.94. The number of rotatable bonds is 7. The number of anilines is 1. The average molecular weight is 451 g/mol. The molecule has 0 atom stereocenters. The van der Waals surface area contributed by atoms with Crippen molar-refractivity contribution in [2.75, 3.05) is 26.1 Å². The normalized spacial score (nSPS) is 11.7. The van der Waals surface area contributed by atoms with E-state index in [1.165, 1.54) is 20.3 Å². The van der Waals surface area contributed by atoms with Crippen LogP contribution in [0, 0.1) is 5.82 Å². The number of carbonyl (C=O) groups excluding carboxylic acids is 1. The van der Waals surface area contributed by atoms with Gasteiger partial charge in [0.05, 0.1) is 43.9 Å². The van der Waals surface area contributed by atoms with Gasteiger partial charge in [-0.15, -0.1) is 0 Å². The number of alkyl halides is 3. The Balaban J connectivity index is 2.60. The van der Waals surface area contributed by atoms with Crippen molar-refractivity contribution in [2.24, 2.45) is 0 Å². The molecule has 0 unspecified atom stereocenters. The summed E-state index contributed by atoms with van der Waals surface area (Å²) >= 11 is 0. The maximum atomic E-state index is 14.0. The fraction of sp³-hybridized carbons (Fsp3) is 0.278. The smallest absolute Gasteiger partial charge is 0.416 e. The summed E-state index contributed by atoms with van der Waals surface area (Å²) in [4.78, 5) is 11.2. The molecule has 7 nitrogen and oxygen atoms in total. The first-order chi connectivity index (χ1) is 13.9. The topological polar surface area (TPSA) is 90.9 Å². The summed E-state index contributed by atoms with van der Waals surface area (Å²) < 4.78 is 94.9. The van der Waals surface area contributed by atoms with Gasteiger partial charge in [0.1, 0.15) is 5.82 Å². The first-order valence-corrected chi connectivity index (χ1v) is 9.62. The number of hydrogen-bond acceptors (Lipinski definition) is 6. The second kappa shape index (κ2) is 8.78. The van der Waals surface area contributed by atoms with Crippen molar-refractivity contribution in [2.45, 2.75) is 17.5 Å². The molecule has 0 amide bonds. The van der Waals surface area contributed by atoms with Gasteiger partial charge < -0.3 is 14.2 Å². The maximum absolute atomic E-state index is 14.0. The molecule has 0 saturated carbocycles. The zero-order valence-corrected chi connectivity index (χ0v) is 16.8. The zero-order chi connectivity index (χ0) is 22.7. The van der Waals surface area contributed by atoms with Crippen molar-refractivity contribution in [1.82, 2.24) is 0 Å². The maximum Gasteiger partial charge on any atom is 0.416 e. The Kier molecular flexibility index (Phi) is 6.80. The van der Waals surface area contributed by atoms with E-state index in [2.05, 4.69) is 4.74 Å².